The van der Waals surface area contributed by atoms with Gasteiger partial charge in [-0.2, -0.15) is 0 Å². The molecule has 0 saturated carbocycles. The highest BCUT2D eigenvalue weighted by atomic mass is 32.1. The second-order valence-electron chi connectivity index (χ2n) is 7.36. The maximum Gasteiger partial charge on any atom is 0.229 e. The molecule has 144 valence electrons. The van der Waals surface area contributed by atoms with Crippen LogP contribution in [0.2, 0.25) is 0 Å². The zero-order valence-electron chi connectivity index (χ0n) is 15.7. The lowest BCUT2D eigenvalue weighted by Gasteiger charge is -2.34. The summed E-state index contributed by atoms with van der Waals surface area (Å²) in [4.78, 5) is 32.6. The van der Waals surface area contributed by atoms with Gasteiger partial charge in [0.15, 0.2) is 5.13 Å². The van der Waals surface area contributed by atoms with Crippen LogP contribution >= 0.6 is 11.3 Å². The average molecular weight is 381 g/mol. The van der Waals surface area contributed by atoms with E-state index in [9.17, 15) is 9.59 Å². The third kappa shape index (κ3) is 5.02. The summed E-state index contributed by atoms with van der Waals surface area (Å²) in [6, 6.07) is 0. The van der Waals surface area contributed by atoms with Crippen molar-refractivity contribution < 1.29 is 14.3 Å². The number of nitrogens with one attached hydrogen (secondary N) is 1. The number of aromatic nitrogens is 1. The Kier molecular flexibility index (Phi) is 6.26. The number of rotatable bonds is 4. The highest BCUT2D eigenvalue weighted by Gasteiger charge is 2.27. The van der Waals surface area contributed by atoms with E-state index in [0.29, 0.717) is 31.1 Å². The van der Waals surface area contributed by atoms with Crippen LogP contribution in [0.4, 0.5) is 5.13 Å². The summed E-state index contributed by atoms with van der Waals surface area (Å²) < 4.78 is 5.76. The molecule has 0 aromatic carbocycles. The van der Waals surface area contributed by atoms with E-state index in [2.05, 4.69) is 29.0 Å². The van der Waals surface area contributed by atoms with E-state index in [4.69, 9.17) is 4.74 Å². The first-order valence-electron chi connectivity index (χ1n) is 9.29. The summed E-state index contributed by atoms with van der Waals surface area (Å²) >= 11 is 1.47. The summed E-state index contributed by atoms with van der Waals surface area (Å²) in [5, 5.41) is 5.63. The number of amides is 2. The van der Waals surface area contributed by atoms with Crippen molar-refractivity contribution in [2.45, 2.75) is 52.4 Å². The number of hydrogen-bond donors (Lipinski definition) is 1. The summed E-state index contributed by atoms with van der Waals surface area (Å²) in [5.41, 5.74) is 0.984. The molecule has 7 nitrogen and oxygen atoms in total. The zero-order valence-corrected chi connectivity index (χ0v) is 16.6. The zero-order chi connectivity index (χ0) is 18.7. The van der Waals surface area contributed by atoms with Crippen molar-refractivity contribution in [3.05, 3.63) is 11.1 Å². The molecule has 2 atom stereocenters. The molecule has 2 aliphatic heterocycles. The minimum atomic E-state index is -0.0427. The first kappa shape index (κ1) is 19.3. The number of nitrogens with zero attached hydrogens (tertiary/aromatic N) is 3. The molecule has 3 rings (SSSR count). The molecular formula is C18H28N4O3S. The molecule has 2 saturated heterocycles. The SMILES string of the molecule is CC(=O)N1CCC(C(=O)Nc2nc(CN3CC(C)OC(C)C3)cs2)CC1. The quantitative estimate of drug-likeness (QED) is 0.864. The van der Waals surface area contributed by atoms with Crippen molar-refractivity contribution in [3.63, 3.8) is 0 Å². The lowest BCUT2D eigenvalue weighted by Crippen LogP contribution is -2.44. The normalized spacial score (nSPS) is 25.3. The number of piperidine rings is 1. The third-order valence-corrected chi connectivity index (χ3v) is 5.78. The Balaban J connectivity index is 1.49. The second-order valence-corrected chi connectivity index (χ2v) is 8.22. The molecule has 2 unspecified atom stereocenters. The van der Waals surface area contributed by atoms with Gasteiger partial charge in [-0.15, -0.1) is 11.3 Å². The summed E-state index contributed by atoms with van der Waals surface area (Å²) in [6.07, 6.45) is 1.90. The van der Waals surface area contributed by atoms with E-state index >= 15 is 0 Å². The molecule has 0 radical (unpaired) electrons. The number of likely N-dealkylation sites (tertiary alicyclic amines) is 1. The number of anilines is 1. The molecule has 2 fully saturated rings. The van der Waals surface area contributed by atoms with Gasteiger partial charge in [0.05, 0.1) is 17.9 Å². The molecule has 0 bridgehead atoms. The van der Waals surface area contributed by atoms with Gasteiger partial charge in [0.2, 0.25) is 11.8 Å². The predicted molar refractivity (Wildman–Crippen MR) is 101 cm³/mol. The fourth-order valence-electron chi connectivity index (χ4n) is 3.74. The van der Waals surface area contributed by atoms with Crippen LogP contribution in [0.3, 0.4) is 0 Å². The smallest absolute Gasteiger partial charge is 0.229 e. The van der Waals surface area contributed by atoms with Gasteiger partial charge in [-0.25, -0.2) is 4.98 Å². The van der Waals surface area contributed by atoms with Crippen molar-refractivity contribution in [2.24, 2.45) is 5.92 Å². The molecule has 0 aliphatic carbocycles. The fourth-order valence-corrected chi connectivity index (χ4v) is 4.45. The van der Waals surface area contributed by atoms with Crippen molar-refractivity contribution >= 4 is 28.3 Å². The lowest BCUT2D eigenvalue weighted by molar-refractivity contribution is -0.132. The number of hydrogen-bond acceptors (Lipinski definition) is 6. The standard InChI is InChI=1S/C18H28N4O3S/c1-12-8-21(9-13(2)25-12)10-16-11-26-18(19-16)20-17(24)15-4-6-22(7-5-15)14(3)23/h11-13,15H,4-10H2,1-3H3,(H,19,20,24). The molecule has 26 heavy (non-hydrogen) atoms. The van der Waals surface area contributed by atoms with Crippen molar-refractivity contribution in [1.29, 1.82) is 0 Å². The van der Waals surface area contributed by atoms with Crippen LogP contribution < -0.4 is 5.32 Å². The van der Waals surface area contributed by atoms with E-state index in [-0.39, 0.29) is 29.9 Å². The Morgan fingerprint density at radius 2 is 1.92 bits per heavy atom. The van der Waals surface area contributed by atoms with Crippen LogP contribution in [0.15, 0.2) is 5.38 Å². The van der Waals surface area contributed by atoms with Gasteiger partial charge in [-0.1, -0.05) is 0 Å². The van der Waals surface area contributed by atoms with Crippen molar-refractivity contribution in [2.75, 3.05) is 31.5 Å². The Hall–Kier alpha value is -1.51. The Bertz CT molecular complexity index is 632. The van der Waals surface area contributed by atoms with Crippen molar-refractivity contribution in [3.8, 4) is 0 Å². The monoisotopic (exact) mass is 380 g/mol. The molecule has 1 aromatic rings. The molecular weight excluding hydrogens is 352 g/mol. The largest absolute Gasteiger partial charge is 0.373 e. The van der Waals surface area contributed by atoms with E-state index in [1.54, 1.807) is 11.8 Å². The maximum atomic E-state index is 12.5. The third-order valence-electron chi connectivity index (χ3n) is 4.97. The Morgan fingerprint density at radius 1 is 1.27 bits per heavy atom. The molecule has 0 spiro atoms. The molecule has 8 heteroatoms. The number of ether oxygens (including phenoxy) is 1. The molecule has 1 N–H and O–H groups in total. The molecule has 1 aromatic heterocycles. The van der Waals surface area contributed by atoms with Crippen LogP contribution in [0.5, 0.6) is 0 Å². The van der Waals surface area contributed by atoms with Crippen LogP contribution in [-0.4, -0.2) is 65.0 Å². The first-order chi connectivity index (χ1) is 12.4. The van der Waals surface area contributed by atoms with E-state index < -0.39 is 0 Å². The number of carbonyl (C=O) groups excluding carboxylic acids is 2. The van der Waals surface area contributed by atoms with Gasteiger partial charge < -0.3 is 15.0 Å². The molecule has 2 aliphatic rings. The topological polar surface area (TPSA) is 74.8 Å². The summed E-state index contributed by atoms with van der Waals surface area (Å²) in [7, 11) is 0. The molecule has 2 amide bonds. The van der Waals surface area contributed by atoms with E-state index in [1.165, 1.54) is 11.3 Å². The molecule has 3 heterocycles. The van der Waals surface area contributed by atoms with Crippen LogP contribution in [0.25, 0.3) is 0 Å². The van der Waals surface area contributed by atoms with Gasteiger partial charge >= 0.3 is 0 Å². The van der Waals surface area contributed by atoms with Crippen LogP contribution in [-0.2, 0) is 20.9 Å². The van der Waals surface area contributed by atoms with Gasteiger partial charge in [0.1, 0.15) is 0 Å². The highest BCUT2D eigenvalue weighted by molar-refractivity contribution is 7.13. The van der Waals surface area contributed by atoms with Crippen molar-refractivity contribution in [1.82, 2.24) is 14.8 Å². The Morgan fingerprint density at radius 3 is 2.54 bits per heavy atom. The van der Waals surface area contributed by atoms with Crippen LogP contribution in [0.1, 0.15) is 39.3 Å². The highest BCUT2D eigenvalue weighted by Crippen LogP contribution is 2.23. The minimum Gasteiger partial charge on any atom is -0.373 e. The lowest BCUT2D eigenvalue weighted by atomic mass is 9.96. The predicted octanol–water partition coefficient (Wildman–Crippen LogP) is 1.95. The van der Waals surface area contributed by atoms with Gasteiger partial charge in [-0.05, 0) is 26.7 Å². The average Bonchev–Trinajstić information content (AvgIpc) is 3.00. The summed E-state index contributed by atoms with van der Waals surface area (Å²) in [6.45, 7) is 9.65. The van der Waals surface area contributed by atoms with E-state index in [1.807, 2.05) is 5.38 Å². The number of morpholine rings is 1. The fraction of sp³-hybridized carbons (Fsp3) is 0.722. The second kappa shape index (κ2) is 8.45. The van der Waals surface area contributed by atoms with Gasteiger partial charge in [0.25, 0.3) is 0 Å². The summed E-state index contributed by atoms with van der Waals surface area (Å²) in [5.74, 6) is 0.0572. The number of thiazole rings is 1. The minimum absolute atomic E-state index is 0.0164. The maximum absolute atomic E-state index is 12.5. The van der Waals surface area contributed by atoms with E-state index in [0.717, 1.165) is 25.3 Å². The van der Waals surface area contributed by atoms with Crippen LogP contribution in [0, 0.1) is 5.92 Å². The van der Waals surface area contributed by atoms with Gasteiger partial charge in [0, 0.05) is 50.9 Å². The first-order valence-corrected chi connectivity index (χ1v) is 10.2. The number of carbonyl (C=O) groups is 2. The Labute approximate surface area is 158 Å². The van der Waals surface area contributed by atoms with Gasteiger partial charge in [-0.3, -0.25) is 14.5 Å².